The third-order valence-electron chi connectivity index (χ3n) is 4.80. The molecule has 2 rings (SSSR count). The minimum absolute atomic E-state index is 0.00239. The lowest BCUT2D eigenvalue weighted by Gasteiger charge is -2.34. The van der Waals surface area contributed by atoms with Crippen LogP contribution in [-0.2, 0) is 14.4 Å². The zero-order valence-corrected chi connectivity index (χ0v) is 16.7. The molecular weight excluding hydrogens is 360 g/mol. The summed E-state index contributed by atoms with van der Waals surface area (Å²) in [5.41, 5.74) is 0. The first kappa shape index (κ1) is 21.7. The van der Waals surface area contributed by atoms with Gasteiger partial charge < -0.3 is 19.6 Å². The summed E-state index contributed by atoms with van der Waals surface area (Å²) in [6.45, 7) is 5.82. The van der Waals surface area contributed by atoms with Gasteiger partial charge in [-0.25, -0.2) is 0 Å². The molecule has 0 spiro atoms. The molecule has 1 aliphatic heterocycles. The van der Waals surface area contributed by atoms with Crippen molar-refractivity contribution in [1.29, 1.82) is 0 Å². The van der Waals surface area contributed by atoms with Gasteiger partial charge in [0.1, 0.15) is 5.75 Å². The molecular formula is C21H30N2O5. The van der Waals surface area contributed by atoms with E-state index in [4.69, 9.17) is 9.84 Å². The molecule has 0 bridgehead atoms. The molecule has 1 aromatic rings. The van der Waals surface area contributed by atoms with Crippen LogP contribution in [0, 0.1) is 11.8 Å². The predicted octanol–water partition coefficient (Wildman–Crippen LogP) is 2.26. The van der Waals surface area contributed by atoms with Crippen molar-refractivity contribution in [1.82, 2.24) is 9.80 Å². The molecule has 1 N–H and O–H groups in total. The fourth-order valence-electron chi connectivity index (χ4n) is 3.35. The topological polar surface area (TPSA) is 87.2 Å². The van der Waals surface area contributed by atoms with Crippen LogP contribution in [0.15, 0.2) is 30.3 Å². The Labute approximate surface area is 166 Å². The summed E-state index contributed by atoms with van der Waals surface area (Å²) >= 11 is 0. The van der Waals surface area contributed by atoms with E-state index < -0.39 is 5.97 Å². The average molecular weight is 390 g/mol. The van der Waals surface area contributed by atoms with Crippen LogP contribution in [0.1, 0.15) is 33.1 Å². The van der Waals surface area contributed by atoms with E-state index in [1.807, 2.05) is 32.0 Å². The van der Waals surface area contributed by atoms with Crippen LogP contribution in [0.25, 0.3) is 0 Å². The van der Waals surface area contributed by atoms with E-state index in [9.17, 15) is 14.4 Å². The summed E-state index contributed by atoms with van der Waals surface area (Å²) in [5.74, 6) is -0.215. The van der Waals surface area contributed by atoms with E-state index in [1.165, 1.54) is 0 Å². The second-order valence-corrected chi connectivity index (χ2v) is 7.58. The summed E-state index contributed by atoms with van der Waals surface area (Å²) in [6.07, 6.45) is 1.14. The second-order valence-electron chi connectivity index (χ2n) is 7.58. The molecule has 154 valence electrons. The molecule has 0 aliphatic carbocycles. The number of carboxylic acid groups (broad SMARTS) is 1. The average Bonchev–Trinajstić information content (AvgIpc) is 2.69. The Hall–Kier alpha value is -2.57. The van der Waals surface area contributed by atoms with Crippen LogP contribution in [-0.4, -0.2) is 65.5 Å². The molecule has 0 saturated carbocycles. The molecule has 1 saturated heterocycles. The number of ether oxygens (including phenoxy) is 1. The molecule has 2 amide bonds. The maximum atomic E-state index is 12.8. The number of para-hydroxylation sites is 1. The molecule has 0 unspecified atom stereocenters. The number of hydrogen-bond donors (Lipinski definition) is 1. The monoisotopic (exact) mass is 390 g/mol. The number of benzene rings is 1. The molecule has 0 radical (unpaired) electrons. The number of likely N-dealkylation sites (tertiary alicyclic amines) is 1. The minimum Gasteiger partial charge on any atom is -0.484 e. The largest absolute Gasteiger partial charge is 0.484 e. The second kappa shape index (κ2) is 10.7. The van der Waals surface area contributed by atoms with Gasteiger partial charge in [-0.05, 0) is 30.9 Å². The Morgan fingerprint density at radius 1 is 1.18 bits per heavy atom. The van der Waals surface area contributed by atoms with Gasteiger partial charge in [-0.15, -0.1) is 0 Å². The van der Waals surface area contributed by atoms with Crippen molar-refractivity contribution in [2.75, 3.05) is 32.8 Å². The molecule has 0 aromatic heterocycles. The summed E-state index contributed by atoms with van der Waals surface area (Å²) < 4.78 is 5.51. The SMILES string of the molecule is CC(C)CN(CCC(=O)O)C(=O)C1CCN(C(=O)COc2ccccc2)CC1. The van der Waals surface area contributed by atoms with Gasteiger partial charge in [-0.1, -0.05) is 32.0 Å². The van der Waals surface area contributed by atoms with Crippen molar-refractivity contribution in [3.63, 3.8) is 0 Å². The first-order valence-corrected chi connectivity index (χ1v) is 9.83. The molecule has 0 atom stereocenters. The quantitative estimate of drug-likeness (QED) is 0.699. The molecule has 1 aliphatic rings. The fraction of sp³-hybridized carbons (Fsp3) is 0.571. The lowest BCUT2D eigenvalue weighted by molar-refractivity contribution is -0.143. The molecule has 1 fully saturated rings. The van der Waals surface area contributed by atoms with Crippen LogP contribution >= 0.6 is 0 Å². The molecule has 7 nitrogen and oxygen atoms in total. The molecule has 1 heterocycles. The zero-order valence-electron chi connectivity index (χ0n) is 16.7. The Morgan fingerprint density at radius 2 is 1.82 bits per heavy atom. The van der Waals surface area contributed by atoms with Crippen LogP contribution in [0.2, 0.25) is 0 Å². The zero-order chi connectivity index (χ0) is 20.5. The fourth-order valence-corrected chi connectivity index (χ4v) is 3.35. The summed E-state index contributed by atoms with van der Waals surface area (Å²) in [6, 6.07) is 9.20. The highest BCUT2D eigenvalue weighted by atomic mass is 16.5. The standard InChI is InChI=1S/C21H30N2O5/c1-16(2)14-23(13-10-20(25)26)21(27)17-8-11-22(12-9-17)19(24)15-28-18-6-4-3-5-7-18/h3-7,16-17H,8-15H2,1-2H3,(H,25,26). The number of carboxylic acids is 1. The van der Waals surface area contributed by atoms with E-state index in [1.54, 1.807) is 21.9 Å². The number of carbonyl (C=O) groups is 3. The van der Waals surface area contributed by atoms with Crippen molar-refractivity contribution in [2.45, 2.75) is 33.1 Å². The third kappa shape index (κ3) is 6.87. The first-order valence-electron chi connectivity index (χ1n) is 9.83. The number of piperidine rings is 1. The maximum absolute atomic E-state index is 12.8. The van der Waals surface area contributed by atoms with Crippen LogP contribution in [0.3, 0.4) is 0 Å². The molecule has 1 aromatic carbocycles. The minimum atomic E-state index is -0.902. The van der Waals surface area contributed by atoms with Gasteiger partial charge in [0.05, 0.1) is 6.42 Å². The van der Waals surface area contributed by atoms with Gasteiger partial charge >= 0.3 is 5.97 Å². The number of rotatable bonds is 9. The van der Waals surface area contributed by atoms with Crippen molar-refractivity contribution in [3.8, 4) is 5.75 Å². The summed E-state index contributed by atoms with van der Waals surface area (Å²) in [4.78, 5) is 39.5. The third-order valence-corrected chi connectivity index (χ3v) is 4.80. The van der Waals surface area contributed by atoms with E-state index >= 15 is 0 Å². The lowest BCUT2D eigenvalue weighted by atomic mass is 9.94. The number of aliphatic carboxylic acids is 1. The lowest BCUT2D eigenvalue weighted by Crippen LogP contribution is -2.46. The van der Waals surface area contributed by atoms with E-state index in [0.717, 1.165) is 0 Å². The summed E-state index contributed by atoms with van der Waals surface area (Å²) in [7, 11) is 0. The smallest absolute Gasteiger partial charge is 0.305 e. The maximum Gasteiger partial charge on any atom is 0.305 e. The van der Waals surface area contributed by atoms with Crippen molar-refractivity contribution >= 4 is 17.8 Å². The first-order chi connectivity index (χ1) is 13.4. The van der Waals surface area contributed by atoms with Crippen molar-refractivity contribution < 1.29 is 24.2 Å². The Bertz CT molecular complexity index is 654. The van der Waals surface area contributed by atoms with Crippen LogP contribution in [0.4, 0.5) is 0 Å². The normalized spacial score (nSPS) is 14.8. The van der Waals surface area contributed by atoms with E-state index in [2.05, 4.69) is 0 Å². The van der Waals surface area contributed by atoms with Gasteiger partial charge in [0.25, 0.3) is 5.91 Å². The van der Waals surface area contributed by atoms with Crippen molar-refractivity contribution in [3.05, 3.63) is 30.3 Å². The Kier molecular flexibility index (Phi) is 8.29. The van der Waals surface area contributed by atoms with Gasteiger partial charge in [0, 0.05) is 32.1 Å². The van der Waals surface area contributed by atoms with E-state index in [-0.39, 0.29) is 43.2 Å². The summed E-state index contributed by atoms with van der Waals surface area (Å²) in [5, 5.41) is 8.92. The van der Waals surface area contributed by atoms with Gasteiger partial charge in [-0.3, -0.25) is 14.4 Å². The van der Waals surface area contributed by atoms with Gasteiger partial charge in [0.15, 0.2) is 6.61 Å². The predicted molar refractivity (Wildman–Crippen MR) is 105 cm³/mol. The molecule has 7 heteroatoms. The highest BCUT2D eigenvalue weighted by Crippen LogP contribution is 2.21. The Morgan fingerprint density at radius 3 is 2.39 bits per heavy atom. The highest BCUT2D eigenvalue weighted by molar-refractivity contribution is 5.81. The van der Waals surface area contributed by atoms with Gasteiger partial charge in [-0.2, -0.15) is 0 Å². The number of nitrogens with zero attached hydrogens (tertiary/aromatic N) is 2. The number of amides is 2. The van der Waals surface area contributed by atoms with Gasteiger partial charge in [0.2, 0.25) is 5.91 Å². The highest BCUT2D eigenvalue weighted by Gasteiger charge is 2.30. The Balaban J connectivity index is 1.82. The van der Waals surface area contributed by atoms with E-state index in [0.29, 0.717) is 38.2 Å². The number of hydrogen-bond acceptors (Lipinski definition) is 4. The van der Waals surface area contributed by atoms with Crippen LogP contribution < -0.4 is 4.74 Å². The van der Waals surface area contributed by atoms with Crippen LogP contribution in [0.5, 0.6) is 5.75 Å². The van der Waals surface area contributed by atoms with Crippen molar-refractivity contribution in [2.24, 2.45) is 11.8 Å². The molecule has 28 heavy (non-hydrogen) atoms. The number of carbonyl (C=O) groups excluding carboxylic acids is 2.